The highest BCUT2D eigenvalue weighted by atomic mass is 127. The Balaban J connectivity index is 0.00000338. The summed E-state index contributed by atoms with van der Waals surface area (Å²) in [5, 5.41) is 10.8. The average molecular weight is 479 g/mol. The van der Waals surface area contributed by atoms with E-state index >= 15 is 0 Å². The van der Waals surface area contributed by atoms with Crippen molar-refractivity contribution in [1.29, 1.82) is 0 Å². The highest BCUT2D eigenvalue weighted by molar-refractivity contribution is 14.0. The van der Waals surface area contributed by atoms with Crippen LogP contribution in [-0.4, -0.2) is 61.8 Å². The molecule has 0 bridgehead atoms. The minimum absolute atomic E-state index is 0. The van der Waals surface area contributed by atoms with Gasteiger partial charge < -0.3 is 20.1 Å². The van der Waals surface area contributed by atoms with Crippen LogP contribution in [0.4, 0.5) is 0 Å². The van der Waals surface area contributed by atoms with Gasteiger partial charge in [0.15, 0.2) is 5.96 Å². The first-order chi connectivity index (χ1) is 12.4. The van der Waals surface area contributed by atoms with Gasteiger partial charge in [-0.15, -0.1) is 24.0 Å². The van der Waals surface area contributed by atoms with Crippen LogP contribution in [0.2, 0.25) is 0 Å². The Morgan fingerprint density at radius 1 is 1.31 bits per heavy atom. The van der Waals surface area contributed by atoms with E-state index in [1.165, 1.54) is 0 Å². The van der Waals surface area contributed by atoms with Gasteiger partial charge in [-0.2, -0.15) is 5.10 Å². The molecule has 0 aliphatic carbocycles. The summed E-state index contributed by atoms with van der Waals surface area (Å²) in [5.41, 5.74) is 0. The first kappa shape index (κ1) is 23.2. The third-order valence-corrected chi connectivity index (χ3v) is 4.17. The van der Waals surface area contributed by atoms with Gasteiger partial charge >= 0.3 is 0 Å². The fourth-order valence-electron chi connectivity index (χ4n) is 2.74. The molecule has 0 amide bonds. The zero-order valence-electron chi connectivity index (χ0n) is 15.9. The number of ether oxygens (including phenoxy) is 2. The number of hydrogen-bond donors (Lipinski definition) is 2. The summed E-state index contributed by atoms with van der Waals surface area (Å²) in [5.74, 6) is 1.56. The quantitative estimate of drug-likeness (QED) is 0.221. The van der Waals surface area contributed by atoms with Gasteiger partial charge in [0.25, 0.3) is 0 Å². The van der Waals surface area contributed by atoms with Gasteiger partial charge in [-0.05, 0) is 44.6 Å². The Kier molecular flexibility index (Phi) is 13.6. The lowest BCUT2D eigenvalue weighted by Gasteiger charge is -2.21. The van der Waals surface area contributed by atoms with E-state index in [1.54, 1.807) is 6.20 Å². The smallest absolute Gasteiger partial charge is 0.191 e. The van der Waals surface area contributed by atoms with Crippen LogP contribution in [0.1, 0.15) is 32.6 Å². The first-order valence-corrected chi connectivity index (χ1v) is 9.53. The molecule has 0 atom stereocenters. The first-order valence-electron chi connectivity index (χ1n) is 9.53. The Hall–Kier alpha value is -0.870. The van der Waals surface area contributed by atoms with Crippen molar-refractivity contribution in [2.24, 2.45) is 10.9 Å². The minimum atomic E-state index is 0. The van der Waals surface area contributed by atoms with E-state index < -0.39 is 0 Å². The van der Waals surface area contributed by atoms with Gasteiger partial charge in [-0.25, -0.2) is 0 Å². The maximum Gasteiger partial charge on any atom is 0.191 e. The molecule has 150 valence electrons. The van der Waals surface area contributed by atoms with E-state index in [9.17, 15) is 0 Å². The third kappa shape index (κ3) is 10.3. The second kappa shape index (κ2) is 15.2. The number of halogens is 1. The van der Waals surface area contributed by atoms with Crippen LogP contribution in [0.3, 0.4) is 0 Å². The largest absolute Gasteiger partial charge is 0.381 e. The number of nitrogens with one attached hydrogen (secondary N) is 2. The van der Waals surface area contributed by atoms with Gasteiger partial charge in [-0.3, -0.25) is 9.67 Å². The summed E-state index contributed by atoms with van der Waals surface area (Å²) in [6, 6.07) is 1.94. The summed E-state index contributed by atoms with van der Waals surface area (Å²) in [7, 11) is 0. The van der Waals surface area contributed by atoms with E-state index in [0.29, 0.717) is 5.92 Å². The molecule has 2 heterocycles. The summed E-state index contributed by atoms with van der Waals surface area (Å²) in [6.07, 6.45) is 8.02. The van der Waals surface area contributed by atoms with Crippen LogP contribution in [0, 0.1) is 5.92 Å². The van der Waals surface area contributed by atoms with Gasteiger partial charge in [0.05, 0.1) is 0 Å². The molecular formula is C18H34IN5O2. The molecule has 2 N–H and O–H groups in total. The predicted octanol–water partition coefficient (Wildman–Crippen LogP) is 2.28. The van der Waals surface area contributed by atoms with Crippen molar-refractivity contribution in [2.45, 2.75) is 39.2 Å². The van der Waals surface area contributed by atoms with Crippen molar-refractivity contribution in [3.05, 3.63) is 18.5 Å². The zero-order chi connectivity index (χ0) is 17.6. The van der Waals surface area contributed by atoms with E-state index in [-0.39, 0.29) is 24.0 Å². The molecule has 1 fully saturated rings. The molecule has 1 aromatic rings. The van der Waals surface area contributed by atoms with E-state index in [0.717, 1.165) is 84.2 Å². The van der Waals surface area contributed by atoms with Gasteiger partial charge in [-0.1, -0.05) is 0 Å². The molecule has 2 rings (SSSR count). The molecule has 1 aliphatic heterocycles. The number of guanidine groups is 1. The molecule has 26 heavy (non-hydrogen) atoms. The summed E-state index contributed by atoms with van der Waals surface area (Å²) < 4.78 is 13.1. The fraction of sp³-hybridized carbons (Fsp3) is 0.778. The van der Waals surface area contributed by atoms with E-state index in [1.807, 2.05) is 16.9 Å². The predicted molar refractivity (Wildman–Crippen MR) is 115 cm³/mol. The van der Waals surface area contributed by atoms with Crippen molar-refractivity contribution in [3.8, 4) is 0 Å². The molecular weight excluding hydrogens is 445 g/mol. The second-order valence-corrected chi connectivity index (χ2v) is 6.29. The summed E-state index contributed by atoms with van der Waals surface area (Å²) >= 11 is 0. The van der Waals surface area contributed by atoms with Crippen molar-refractivity contribution in [2.75, 3.05) is 46.1 Å². The molecule has 0 unspecified atom stereocenters. The summed E-state index contributed by atoms with van der Waals surface area (Å²) in [6.45, 7) is 8.94. The average Bonchev–Trinajstić information content (AvgIpc) is 3.16. The molecule has 0 saturated carbocycles. The molecule has 7 nitrogen and oxygen atoms in total. The van der Waals surface area contributed by atoms with Crippen LogP contribution in [-0.2, 0) is 16.0 Å². The fourth-order valence-corrected chi connectivity index (χ4v) is 2.74. The van der Waals surface area contributed by atoms with Crippen molar-refractivity contribution >= 4 is 29.9 Å². The Morgan fingerprint density at radius 2 is 2.15 bits per heavy atom. The molecule has 8 heteroatoms. The lowest BCUT2D eigenvalue weighted by molar-refractivity contribution is 0.0203. The molecule has 1 aromatic heterocycles. The molecule has 1 aliphatic rings. The molecule has 0 radical (unpaired) electrons. The topological polar surface area (TPSA) is 72.7 Å². The Bertz CT molecular complexity index is 464. The van der Waals surface area contributed by atoms with Crippen LogP contribution in [0.25, 0.3) is 0 Å². The third-order valence-electron chi connectivity index (χ3n) is 4.17. The standard InChI is InChI=1S/C18H33N5O2.HI/c1-2-19-18(20-8-3-11-23-12-4-10-22-23)21-9-5-13-25-16-17-6-14-24-15-7-17;/h4,10,12,17H,2-3,5-9,11,13-16H2,1H3,(H2,19,20,21);1H. The SMILES string of the molecule is CCNC(=NCCCn1cccn1)NCCCOCC1CCOCC1.I. The maximum atomic E-state index is 5.79. The monoisotopic (exact) mass is 479 g/mol. The van der Waals surface area contributed by atoms with Gasteiger partial charge in [0, 0.05) is 65.0 Å². The second-order valence-electron chi connectivity index (χ2n) is 6.29. The van der Waals surface area contributed by atoms with E-state index in [2.05, 4.69) is 27.6 Å². The number of aryl methyl sites for hydroxylation is 1. The van der Waals surface area contributed by atoms with Gasteiger partial charge in [0.1, 0.15) is 0 Å². The van der Waals surface area contributed by atoms with Crippen LogP contribution < -0.4 is 10.6 Å². The molecule has 0 aromatic carbocycles. The van der Waals surface area contributed by atoms with Gasteiger partial charge in [0.2, 0.25) is 0 Å². The lowest BCUT2D eigenvalue weighted by Crippen LogP contribution is -2.38. The number of aromatic nitrogens is 2. The highest BCUT2D eigenvalue weighted by Gasteiger charge is 2.13. The highest BCUT2D eigenvalue weighted by Crippen LogP contribution is 2.14. The number of rotatable bonds is 11. The number of hydrogen-bond acceptors (Lipinski definition) is 4. The molecule has 1 saturated heterocycles. The Labute approximate surface area is 174 Å². The summed E-state index contributed by atoms with van der Waals surface area (Å²) in [4.78, 5) is 4.60. The van der Waals surface area contributed by atoms with Crippen molar-refractivity contribution in [1.82, 2.24) is 20.4 Å². The van der Waals surface area contributed by atoms with Crippen molar-refractivity contribution < 1.29 is 9.47 Å². The Morgan fingerprint density at radius 3 is 2.88 bits per heavy atom. The maximum absolute atomic E-state index is 5.79. The van der Waals surface area contributed by atoms with Crippen molar-refractivity contribution in [3.63, 3.8) is 0 Å². The number of aliphatic imine (C=N–C) groups is 1. The normalized spacial score (nSPS) is 15.5. The number of nitrogens with zero attached hydrogens (tertiary/aromatic N) is 3. The van der Waals surface area contributed by atoms with Crippen LogP contribution in [0.15, 0.2) is 23.5 Å². The molecule has 0 spiro atoms. The zero-order valence-corrected chi connectivity index (χ0v) is 18.2. The van der Waals surface area contributed by atoms with Crippen LogP contribution >= 0.6 is 24.0 Å². The lowest BCUT2D eigenvalue weighted by atomic mass is 10.0. The van der Waals surface area contributed by atoms with E-state index in [4.69, 9.17) is 9.47 Å². The minimum Gasteiger partial charge on any atom is -0.381 e. The van der Waals surface area contributed by atoms with Crippen LogP contribution in [0.5, 0.6) is 0 Å².